The van der Waals surface area contributed by atoms with Crippen molar-refractivity contribution in [2.24, 2.45) is 16.1 Å². The number of amidine groups is 1. The first-order valence-electron chi connectivity index (χ1n) is 12.2. The first kappa shape index (κ1) is 25.3. The minimum absolute atomic E-state index is 0.401. The van der Waals surface area contributed by atoms with Gasteiger partial charge < -0.3 is 15.8 Å². The standard InChI is InChI=1S/C25H40N4OS2/c1-3-25(14-6-4-5-7-15-25)19-32-23(26)28-24(31)27-21-10-12-22(13-11-21)30-18-20(2)29-16-8-9-17-29/h10-13,20H,3-9,14-19H2,1-2H3,(H3,26,27,28,31). The van der Waals surface area contributed by atoms with Gasteiger partial charge in [0.2, 0.25) is 0 Å². The molecular weight excluding hydrogens is 436 g/mol. The van der Waals surface area contributed by atoms with Crippen molar-refractivity contribution in [3.8, 4) is 5.75 Å². The van der Waals surface area contributed by atoms with Gasteiger partial charge in [-0.2, -0.15) is 4.99 Å². The summed E-state index contributed by atoms with van der Waals surface area (Å²) in [6.07, 6.45) is 11.8. The topological polar surface area (TPSA) is 62.9 Å². The summed E-state index contributed by atoms with van der Waals surface area (Å²) in [5, 5.41) is 4.12. The van der Waals surface area contributed by atoms with Gasteiger partial charge in [-0.05, 0) is 94.0 Å². The first-order chi connectivity index (χ1) is 15.5. The van der Waals surface area contributed by atoms with Gasteiger partial charge in [0.15, 0.2) is 10.3 Å². The summed E-state index contributed by atoms with van der Waals surface area (Å²) >= 11 is 7.06. The average molecular weight is 477 g/mol. The lowest BCUT2D eigenvalue weighted by Crippen LogP contribution is -2.34. The number of rotatable bonds is 8. The van der Waals surface area contributed by atoms with Crippen molar-refractivity contribution in [2.45, 2.75) is 77.7 Å². The second-order valence-electron chi connectivity index (χ2n) is 9.36. The smallest absolute Gasteiger partial charge is 0.199 e. The van der Waals surface area contributed by atoms with Crippen LogP contribution in [0.25, 0.3) is 0 Å². The first-order valence-corrected chi connectivity index (χ1v) is 13.6. The Bertz CT molecular complexity index is 739. The van der Waals surface area contributed by atoms with E-state index in [1.807, 2.05) is 24.3 Å². The van der Waals surface area contributed by atoms with Crippen molar-refractivity contribution in [3.63, 3.8) is 0 Å². The predicted molar refractivity (Wildman–Crippen MR) is 143 cm³/mol. The van der Waals surface area contributed by atoms with Crippen LogP contribution in [0.3, 0.4) is 0 Å². The molecule has 2 aliphatic rings. The van der Waals surface area contributed by atoms with Crippen molar-refractivity contribution in [1.29, 1.82) is 0 Å². The maximum absolute atomic E-state index is 6.20. The third-order valence-electron chi connectivity index (χ3n) is 7.01. The van der Waals surface area contributed by atoms with Crippen LogP contribution in [-0.2, 0) is 0 Å². The molecule has 1 saturated heterocycles. The number of benzene rings is 1. The quantitative estimate of drug-likeness (QED) is 0.206. The molecule has 178 valence electrons. The highest BCUT2D eigenvalue weighted by atomic mass is 32.2. The number of nitrogens with one attached hydrogen (secondary N) is 1. The molecule has 5 nitrogen and oxygen atoms in total. The van der Waals surface area contributed by atoms with Crippen LogP contribution in [0.5, 0.6) is 5.75 Å². The van der Waals surface area contributed by atoms with Crippen molar-refractivity contribution in [1.82, 2.24) is 4.90 Å². The molecule has 1 aliphatic heterocycles. The number of anilines is 1. The molecule has 32 heavy (non-hydrogen) atoms. The van der Waals surface area contributed by atoms with E-state index in [2.05, 4.69) is 29.1 Å². The fourth-order valence-electron chi connectivity index (χ4n) is 4.73. The van der Waals surface area contributed by atoms with Crippen LogP contribution >= 0.6 is 24.0 Å². The second kappa shape index (κ2) is 12.8. The largest absolute Gasteiger partial charge is 0.492 e. The Balaban J connectivity index is 1.43. The summed E-state index contributed by atoms with van der Waals surface area (Å²) in [5.41, 5.74) is 7.50. The van der Waals surface area contributed by atoms with Gasteiger partial charge in [0.05, 0.1) is 0 Å². The highest BCUT2D eigenvalue weighted by Gasteiger charge is 2.29. The van der Waals surface area contributed by atoms with Gasteiger partial charge in [-0.25, -0.2) is 0 Å². The summed E-state index contributed by atoms with van der Waals surface area (Å²) in [6, 6.07) is 8.33. The van der Waals surface area contributed by atoms with Gasteiger partial charge in [-0.1, -0.05) is 44.4 Å². The van der Waals surface area contributed by atoms with Gasteiger partial charge in [0, 0.05) is 17.5 Å². The molecule has 0 bridgehead atoms. The molecule has 0 spiro atoms. The zero-order valence-electron chi connectivity index (χ0n) is 19.8. The molecule has 0 amide bonds. The summed E-state index contributed by atoms with van der Waals surface area (Å²) in [4.78, 5) is 6.91. The molecule has 1 aliphatic carbocycles. The van der Waals surface area contributed by atoms with Crippen LogP contribution in [0.1, 0.15) is 71.6 Å². The monoisotopic (exact) mass is 476 g/mol. The fraction of sp³-hybridized carbons (Fsp3) is 0.680. The molecule has 7 heteroatoms. The Morgan fingerprint density at radius 1 is 1.16 bits per heavy atom. The van der Waals surface area contributed by atoms with Gasteiger partial charge in [-0.15, -0.1) is 0 Å². The number of nitrogens with zero attached hydrogens (tertiary/aromatic N) is 2. The Labute approximate surface area is 203 Å². The van der Waals surface area contributed by atoms with E-state index < -0.39 is 0 Å². The van der Waals surface area contributed by atoms with Crippen LogP contribution in [0.4, 0.5) is 5.69 Å². The molecule has 1 heterocycles. The van der Waals surface area contributed by atoms with E-state index in [0.717, 1.165) is 17.2 Å². The molecule has 3 N–H and O–H groups in total. The van der Waals surface area contributed by atoms with Crippen LogP contribution in [0.15, 0.2) is 29.3 Å². The second-order valence-corrected chi connectivity index (χ2v) is 10.7. The summed E-state index contributed by atoms with van der Waals surface area (Å²) in [5.74, 6) is 1.91. The number of nitrogens with two attached hydrogens (primary N) is 1. The van der Waals surface area contributed by atoms with E-state index in [0.29, 0.717) is 28.3 Å². The van der Waals surface area contributed by atoms with Crippen molar-refractivity contribution in [2.75, 3.05) is 30.8 Å². The summed E-state index contributed by atoms with van der Waals surface area (Å²) in [7, 11) is 0. The molecule has 1 unspecified atom stereocenters. The van der Waals surface area contributed by atoms with Gasteiger partial charge in [0.25, 0.3) is 0 Å². The molecule has 0 aromatic heterocycles. The van der Waals surface area contributed by atoms with E-state index in [9.17, 15) is 0 Å². The van der Waals surface area contributed by atoms with E-state index >= 15 is 0 Å². The predicted octanol–water partition coefficient (Wildman–Crippen LogP) is 6.05. The number of hydrogen-bond donors (Lipinski definition) is 2. The zero-order valence-corrected chi connectivity index (χ0v) is 21.4. The molecule has 3 rings (SSSR count). The lowest BCUT2D eigenvalue weighted by Gasteiger charge is -2.31. The lowest BCUT2D eigenvalue weighted by atomic mass is 9.80. The molecule has 1 atom stereocenters. The molecule has 1 aromatic rings. The number of thioether (sulfide) groups is 1. The Morgan fingerprint density at radius 3 is 2.44 bits per heavy atom. The SMILES string of the molecule is CCC1(CS/C(N)=N/C(=S)Nc2ccc(OCC(C)N3CCCC3)cc2)CCCCCC1. The van der Waals surface area contributed by atoms with Crippen LogP contribution in [0.2, 0.25) is 0 Å². The maximum Gasteiger partial charge on any atom is 0.199 e. The lowest BCUT2D eigenvalue weighted by molar-refractivity contribution is 0.172. The van der Waals surface area contributed by atoms with E-state index in [1.165, 1.54) is 70.9 Å². The highest BCUT2D eigenvalue weighted by Crippen LogP contribution is 2.40. The normalized spacial score (nSPS) is 20.5. The molecule has 2 fully saturated rings. The molecule has 1 saturated carbocycles. The highest BCUT2D eigenvalue weighted by molar-refractivity contribution is 8.13. The summed E-state index contributed by atoms with van der Waals surface area (Å²) < 4.78 is 5.97. The Morgan fingerprint density at radius 2 is 1.81 bits per heavy atom. The maximum atomic E-state index is 6.20. The average Bonchev–Trinajstić information content (AvgIpc) is 3.23. The van der Waals surface area contributed by atoms with Gasteiger partial charge >= 0.3 is 0 Å². The van der Waals surface area contributed by atoms with E-state index in [4.69, 9.17) is 22.7 Å². The fourth-order valence-corrected chi connectivity index (χ4v) is 6.11. The molecular formula is C25H40N4OS2. The van der Waals surface area contributed by atoms with Gasteiger partial charge in [0.1, 0.15) is 12.4 Å². The molecule has 0 radical (unpaired) electrons. The Hall–Kier alpha value is -1.31. The summed E-state index contributed by atoms with van der Waals surface area (Å²) in [6.45, 7) is 7.63. The Kier molecular flexibility index (Phi) is 10.1. The van der Waals surface area contributed by atoms with E-state index in [1.54, 1.807) is 11.8 Å². The minimum Gasteiger partial charge on any atom is -0.492 e. The van der Waals surface area contributed by atoms with Gasteiger partial charge in [-0.3, -0.25) is 4.90 Å². The minimum atomic E-state index is 0.401. The van der Waals surface area contributed by atoms with Crippen LogP contribution < -0.4 is 15.8 Å². The number of ether oxygens (including phenoxy) is 1. The van der Waals surface area contributed by atoms with Crippen LogP contribution in [-0.4, -0.2) is 46.7 Å². The van der Waals surface area contributed by atoms with Crippen molar-refractivity contribution in [3.05, 3.63) is 24.3 Å². The third kappa shape index (κ3) is 7.92. The van der Waals surface area contributed by atoms with Crippen LogP contribution in [0, 0.1) is 5.41 Å². The van der Waals surface area contributed by atoms with E-state index in [-0.39, 0.29) is 0 Å². The third-order valence-corrected chi connectivity index (χ3v) is 8.35. The molecule has 1 aromatic carbocycles. The van der Waals surface area contributed by atoms with Crippen molar-refractivity contribution >= 4 is 39.9 Å². The number of hydrogen-bond acceptors (Lipinski definition) is 4. The number of thiocarbonyl (C=S) groups is 1. The van der Waals surface area contributed by atoms with Crippen molar-refractivity contribution < 1.29 is 4.74 Å². The number of aliphatic imine (C=N–C) groups is 1. The number of likely N-dealkylation sites (tertiary alicyclic amines) is 1. The zero-order chi connectivity index (χ0) is 22.8.